The molecule has 1 fully saturated rings. The number of aromatic amines is 2. The molecule has 4 aromatic rings. The summed E-state index contributed by atoms with van der Waals surface area (Å²) in [5.74, 6) is 1.83. The number of anilines is 1. The molecular formula is C37H41N5O8. The molecule has 3 aliphatic heterocycles. The highest BCUT2D eigenvalue weighted by Crippen LogP contribution is 2.31. The number of fused-ring (bicyclic) bond motifs is 3. The number of H-pyrrole nitrogens is 2. The van der Waals surface area contributed by atoms with Crippen LogP contribution in [0.3, 0.4) is 0 Å². The Labute approximate surface area is 289 Å². The molecule has 1 aromatic heterocycles. The molecule has 0 radical (unpaired) electrons. The van der Waals surface area contributed by atoms with E-state index in [1.807, 2.05) is 36.4 Å². The molecule has 1 amide bonds. The maximum atomic E-state index is 12.6. The van der Waals surface area contributed by atoms with Gasteiger partial charge in [0.05, 0.1) is 42.1 Å². The number of hydrogen-bond acceptors (Lipinski definition) is 9. The second-order valence-electron chi connectivity index (χ2n) is 12.1. The highest BCUT2D eigenvalue weighted by atomic mass is 16.5. The van der Waals surface area contributed by atoms with Gasteiger partial charge >= 0.3 is 11.7 Å². The van der Waals surface area contributed by atoms with E-state index in [0.29, 0.717) is 23.6 Å². The highest BCUT2D eigenvalue weighted by molar-refractivity contribution is 5.99. The first-order valence-electron chi connectivity index (χ1n) is 16.5. The van der Waals surface area contributed by atoms with Gasteiger partial charge in [-0.2, -0.15) is 0 Å². The quantitative estimate of drug-likeness (QED) is 0.181. The average Bonchev–Trinajstić information content (AvgIpc) is 3.54. The maximum Gasteiger partial charge on any atom is 0.335 e. The van der Waals surface area contributed by atoms with E-state index in [2.05, 4.69) is 31.2 Å². The van der Waals surface area contributed by atoms with Crippen molar-refractivity contribution in [2.75, 3.05) is 71.6 Å². The Morgan fingerprint density at radius 3 is 2.12 bits per heavy atom. The van der Waals surface area contributed by atoms with Crippen molar-refractivity contribution >= 4 is 40.7 Å². The Morgan fingerprint density at radius 2 is 1.48 bits per heavy atom. The number of piperazine rings is 1. The van der Waals surface area contributed by atoms with Crippen LogP contribution >= 0.6 is 0 Å². The van der Waals surface area contributed by atoms with Gasteiger partial charge in [-0.3, -0.25) is 9.69 Å². The van der Waals surface area contributed by atoms with Crippen LogP contribution in [0.15, 0.2) is 70.5 Å². The number of amides is 1. The number of carboxylic acids is 1. The Morgan fingerprint density at radius 1 is 0.840 bits per heavy atom. The molecule has 1 saturated heterocycles. The van der Waals surface area contributed by atoms with Crippen LogP contribution in [0.25, 0.3) is 23.2 Å². The number of rotatable bonds is 10. The Bertz CT molecular complexity index is 1970. The van der Waals surface area contributed by atoms with Gasteiger partial charge in [0, 0.05) is 43.9 Å². The van der Waals surface area contributed by atoms with Crippen molar-refractivity contribution < 1.29 is 33.6 Å². The molecule has 262 valence electrons. The van der Waals surface area contributed by atoms with Crippen LogP contribution in [-0.4, -0.2) is 98.6 Å². The summed E-state index contributed by atoms with van der Waals surface area (Å²) in [6.45, 7) is 5.83. The molecule has 0 atom stereocenters. The summed E-state index contributed by atoms with van der Waals surface area (Å²) in [5, 5.41) is 11.8. The second kappa shape index (κ2) is 15.7. The van der Waals surface area contributed by atoms with Crippen LogP contribution in [-0.2, 0) is 9.59 Å². The number of nitrogens with one attached hydrogen (secondary N) is 3. The lowest BCUT2D eigenvalue weighted by Gasteiger charge is -2.36. The Balaban J connectivity index is 0.000000240. The molecule has 13 heteroatoms. The summed E-state index contributed by atoms with van der Waals surface area (Å²) in [6.07, 6.45) is 5.43. The van der Waals surface area contributed by atoms with Crippen molar-refractivity contribution in [3.63, 3.8) is 0 Å². The molecule has 0 spiro atoms. The van der Waals surface area contributed by atoms with E-state index in [1.165, 1.54) is 0 Å². The molecule has 4 heterocycles. The minimum Gasteiger partial charge on any atom is -0.497 e. The Kier molecular flexibility index (Phi) is 10.7. The zero-order chi connectivity index (χ0) is 35.0. The number of para-hydroxylation sites is 1. The molecule has 0 saturated carbocycles. The molecule has 0 bridgehead atoms. The second-order valence-corrected chi connectivity index (χ2v) is 12.1. The number of aromatic nitrogens is 2. The summed E-state index contributed by atoms with van der Waals surface area (Å²) in [7, 11) is 3.18. The summed E-state index contributed by atoms with van der Waals surface area (Å²) >= 11 is 0. The van der Waals surface area contributed by atoms with Crippen LogP contribution < -0.4 is 34.9 Å². The fraction of sp³-hybridized carbons (Fsp3) is 0.324. The standard InChI is InChI=1S/C26H31N5O4.C11H10O4/c1-34-20-7-8-23-18(16-20)15-19(17-35-23)25(32)27-9-2-3-10-30-11-13-31(14-12-30)22-6-4-5-21-24(22)29-26(33)28-21;1-14-9-2-3-10-7(5-9)4-8(6-15-10)11(12)13/h4-8,15-16H,2-3,9-14,17H2,1H3,(H,27,32)(H2,28,29,33);2-5H,6H2,1H3,(H,12,13). The summed E-state index contributed by atoms with van der Waals surface area (Å²) in [5.41, 5.74) is 5.09. The molecule has 3 aliphatic rings. The first kappa shape index (κ1) is 34.2. The normalized spacial score (nSPS) is 15.2. The predicted molar refractivity (Wildman–Crippen MR) is 190 cm³/mol. The zero-order valence-electron chi connectivity index (χ0n) is 28.1. The van der Waals surface area contributed by atoms with Crippen molar-refractivity contribution in [2.45, 2.75) is 12.8 Å². The molecule has 7 rings (SSSR count). The van der Waals surface area contributed by atoms with Gasteiger partial charge < -0.3 is 44.2 Å². The third-order valence-electron chi connectivity index (χ3n) is 8.85. The molecule has 0 aliphatic carbocycles. The SMILES string of the molecule is COc1ccc2c(c1)C=C(C(=O)NCCCCN1CCN(c3cccc4[nH]c(=O)[nH]c34)CC1)CO2.COc1ccc2c(c1)C=C(C(=O)O)CO2. The lowest BCUT2D eigenvalue weighted by molar-refractivity contribution is -0.133. The maximum absolute atomic E-state index is 12.6. The monoisotopic (exact) mass is 683 g/mol. The largest absolute Gasteiger partial charge is 0.497 e. The van der Waals surface area contributed by atoms with Crippen LogP contribution in [0, 0.1) is 0 Å². The number of ether oxygens (including phenoxy) is 4. The molecular weight excluding hydrogens is 642 g/mol. The number of methoxy groups -OCH3 is 2. The van der Waals surface area contributed by atoms with E-state index in [1.54, 1.807) is 38.5 Å². The first-order valence-corrected chi connectivity index (χ1v) is 16.5. The third-order valence-corrected chi connectivity index (χ3v) is 8.85. The number of carboxylic acid groups (broad SMARTS) is 1. The van der Waals surface area contributed by atoms with Crippen LogP contribution in [0.2, 0.25) is 0 Å². The number of carbonyl (C=O) groups excluding carboxylic acids is 1. The van der Waals surface area contributed by atoms with E-state index in [-0.39, 0.29) is 30.4 Å². The number of nitrogens with zero attached hydrogens (tertiary/aromatic N) is 2. The van der Waals surface area contributed by atoms with Gasteiger partial charge in [0.2, 0.25) is 0 Å². The molecule has 3 aromatic carbocycles. The van der Waals surface area contributed by atoms with Gasteiger partial charge in [0.1, 0.15) is 36.2 Å². The third kappa shape index (κ3) is 8.12. The molecule has 50 heavy (non-hydrogen) atoms. The number of benzene rings is 3. The van der Waals surface area contributed by atoms with Crippen molar-refractivity contribution in [1.29, 1.82) is 0 Å². The number of hydrogen-bond donors (Lipinski definition) is 4. The topological polar surface area (TPSA) is 158 Å². The number of carbonyl (C=O) groups is 2. The van der Waals surface area contributed by atoms with E-state index >= 15 is 0 Å². The van der Waals surface area contributed by atoms with Gasteiger partial charge in [0.25, 0.3) is 5.91 Å². The minimum atomic E-state index is -0.955. The average molecular weight is 684 g/mol. The van der Waals surface area contributed by atoms with Gasteiger partial charge in [-0.05, 0) is 80.1 Å². The van der Waals surface area contributed by atoms with Crippen LogP contribution in [0.4, 0.5) is 5.69 Å². The van der Waals surface area contributed by atoms with Crippen LogP contribution in [0.5, 0.6) is 23.0 Å². The lowest BCUT2D eigenvalue weighted by Crippen LogP contribution is -2.46. The fourth-order valence-corrected chi connectivity index (χ4v) is 6.11. The van der Waals surface area contributed by atoms with E-state index in [9.17, 15) is 14.4 Å². The molecule has 0 unspecified atom stereocenters. The first-order chi connectivity index (χ1) is 24.3. The van der Waals surface area contributed by atoms with Crippen molar-refractivity contribution in [3.05, 3.63) is 87.4 Å². The van der Waals surface area contributed by atoms with Crippen LogP contribution in [0.1, 0.15) is 24.0 Å². The number of imidazole rings is 1. The predicted octanol–water partition coefficient (Wildman–Crippen LogP) is 3.91. The number of unbranched alkanes of at least 4 members (excludes halogenated alkanes) is 1. The minimum absolute atomic E-state index is 0.0796. The van der Waals surface area contributed by atoms with Crippen molar-refractivity contribution in [1.82, 2.24) is 20.2 Å². The number of aliphatic carboxylic acids is 1. The fourth-order valence-electron chi connectivity index (χ4n) is 6.11. The van der Waals surface area contributed by atoms with Gasteiger partial charge in [-0.15, -0.1) is 0 Å². The Hall–Kier alpha value is -5.69. The van der Waals surface area contributed by atoms with E-state index in [4.69, 9.17) is 24.1 Å². The smallest absolute Gasteiger partial charge is 0.335 e. The lowest BCUT2D eigenvalue weighted by atomic mass is 10.1. The van der Waals surface area contributed by atoms with Gasteiger partial charge in [-0.25, -0.2) is 9.59 Å². The highest BCUT2D eigenvalue weighted by Gasteiger charge is 2.21. The zero-order valence-corrected chi connectivity index (χ0v) is 28.1. The molecule has 4 N–H and O–H groups in total. The van der Waals surface area contributed by atoms with Gasteiger partial charge in [0.15, 0.2) is 0 Å². The van der Waals surface area contributed by atoms with E-state index in [0.717, 1.165) is 84.9 Å². The van der Waals surface area contributed by atoms with Gasteiger partial charge in [-0.1, -0.05) is 6.07 Å². The summed E-state index contributed by atoms with van der Waals surface area (Å²) < 4.78 is 21.3. The van der Waals surface area contributed by atoms with Crippen molar-refractivity contribution in [3.8, 4) is 23.0 Å². The summed E-state index contributed by atoms with van der Waals surface area (Å²) in [4.78, 5) is 45.5. The molecule has 13 nitrogen and oxygen atoms in total. The van der Waals surface area contributed by atoms with Crippen molar-refractivity contribution in [2.24, 2.45) is 0 Å². The van der Waals surface area contributed by atoms with E-state index < -0.39 is 5.97 Å². The summed E-state index contributed by atoms with van der Waals surface area (Å²) in [6, 6.07) is 16.8.